The molecule has 6 unspecified atom stereocenters. The summed E-state index contributed by atoms with van der Waals surface area (Å²) in [5, 5.41) is 58.4. The van der Waals surface area contributed by atoms with Crippen LogP contribution in [0.5, 0.6) is 0 Å². The van der Waals surface area contributed by atoms with Crippen LogP contribution in [0.3, 0.4) is 0 Å². The molecule has 0 aliphatic carbocycles. The smallest absolute Gasteiger partial charge is 0.429 e. The molecule has 3 heterocycles. The van der Waals surface area contributed by atoms with Gasteiger partial charge in [-0.15, -0.1) is 5.10 Å². The first-order valence-electron chi connectivity index (χ1n) is 19.7. The van der Waals surface area contributed by atoms with E-state index in [0.29, 0.717) is 35.9 Å². The normalized spacial score (nSPS) is 18.5. The van der Waals surface area contributed by atoms with Crippen molar-refractivity contribution in [3.8, 4) is 0 Å². The zero-order valence-corrected chi connectivity index (χ0v) is 33.4. The summed E-state index contributed by atoms with van der Waals surface area (Å²) in [7, 11) is 0. The number of aromatic nitrogens is 3. The highest BCUT2D eigenvalue weighted by Gasteiger charge is 2.57. The standard InChI is InChI=1S/C37H54F6N8O9/c1-3-5-6-7-8-47(20-29(53)33(56)34(57)30(54)21-52)17-24-18-49(46-45-24)11-12-60-51-32(35(58)59-4-2)28-19-48(9-10-50(28)36(51)37(41,42)43)31(55)15-23(44)13-22-14-26(39)27(40)16-25(22)38/h14,16,18,23,29-30,33-34,36,52-54,56-57H,3-13,15,17,19-21,44H2,1-2H3. The van der Waals surface area contributed by atoms with Gasteiger partial charge < -0.3 is 45.8 Å². The molecule has 2 aromatic rings. The number of nitrogens with two attached hydrogens (primary N) is 1. The van der Waals surface area contributed by atoms with Crippen LogP contribution in [-0.2, 0) is 38.7 Å². The monoisotopic (exact) mass is 868 g/mol. The van der Waals surface area contributed by atoms with Crippen LogP contribution in [0.2, 0.25) is 0 Å². The largest absolute Gasteiger partial charge is 0.461 e. The Kier molecular flexibility index (Phi) is 17.9. The molecule has 6 atom stereocenters. The molecule has 4 rings (SSSR count). The first-order chi connectivity index (χ1) is 28.4. The number of aliphatic hydroxyl groups is 5. The maximum Gasteiger partial charge on any atom is 0.429 e. The van der Waals surface area contributed by atoms with Crippen LogP contribution in [0.4, 0.5) is 26.3 Å². The van der Waals surface area contributed by atoms with Gasteiger partial charge >= 0.3 is 12.1 Å². The number of fused-ring (bicyclic) bond motifs is 1. The number of amides is 1. The molecule has 0 radical (unpaired) electrons. The fraction of sp³-hybridized carbons (Fsp3) is 0.676. The van der Waals surface area contributed by atoms with Gasteiger partial charge in [-0.05, 0) is 37.9 Å². The van der Waals surface area contributed by atoms with E-state index >= 15 is 0 Å². The number of nitrogens with zero attached hydrogens (tertiary/aromatic N) is 7. The number of piperazine rings is 1. The highest BCUT2D eigenvalue weighted by molar-refractivity contribution is 5.89. The van der Waals surface area contributed by atoms with Crippen LogP contribution in [0.25, 0.3) is 0 Å². The summed E-state index contributed by atoms with van der Waals surface area (Å²) in [5.41, 5.74) is 5.37. The lowest BCUT2D eigenvalue weighted by molar-refractivity contribution is -0.282. The van der Waals surface area contributed by atoms with Crippen LogP contribution in [0, 0.1) is 17.5 Å². The van der Waals surface area contributed by atoms with Gasteiger partial charge in [0.05, 0.1) is 50.4 Å². The van der Waals surface area contributed by atoms with Gasteiger partial charge in [0.2, 0.25) is 12.1 Å². The maximum absolute atomic E-state index is 14.8. The van der Waals surface area contributed by atoms with Gasteiger partial charge in [0.25, 0.3) is 0 Å². The van der Waals surface area contributed by atoms with Gasteiger partial charge in [0.1, 0.15) is 24.1 Å². The van der Waals surface area contributed by atoms with Crippen molar-refractivity contribution in [2.45, 2.75) is 108 Å². The van der Waals surface area contributed by atoms with Crippen LogP contribution in [0.1, 0.15) is 57.2 Å². The molecule has 1 saturated heterocycles. The van der Waals surface area contributed by atoms with E-state index in [0.717, 1.165) is 24.2 Å². The van der Waals surface area contributed by atoms with Crippen molar-refractivity contribution in [2.75, 3.05) is 52.5 Å². The van der Waals surface area contributed by atoms with E-state index in [9.17, 15) is 56.4 Å². The Labute approximate surface area is 342 Å². The molecule has 60 heavy (non-hydrogen) atoms. The van der Waals surface area contributed by atoms with E-state index < -0.39 is 104 Å². The number of ether oxygens (including phenoxy) is 1. The van der Waals surface area contributed by atoms with Crippen molar-refractivity contribution >= 4 is 11.9 Å². The molecule has 0 spiro atoms. The average Bonchev–Trinajstić information content (AvgIpc) is 3.78. The number of hydrogen-bond acceptors (Lipinski definition) is 15. The maximum atomic E-state index is 14.8. The first kappa shape index (κ1) is 48.6. The molecule has 1 aromatic carbocycles. The zero-order chi connectivity index (χ0) is 44.3. The Bertz CT molecular complexity index is 1760. The predicted molar refractivity (Wildman–Crippen MR) is 198 cm³/mol. The van der Waals surface area contributed by atoms with Gasteiger partial charge in [-0.1, -0.05) is 31.4 Å². The number of aliphatic hydroxyl groups excluding tert-OH is 5. The van der Waals surface area contributed by atoms with Crippen LogP contribution in [0.15, 0.2) is 29.7 Å². The number of alkyl halides is 3. The molecular weight excluding hydrogens is 814 g/mol. The van der Waals surface area contributed by atoms with E-state index in [1.807, 2.05) is 6.92 Å². The third-order valence-corrected chi connectivity index (χ3v) is 10.1. The van der Waals surface area contributed by atoms with Gasteiger partial charge in [-0.3, -0.25) is 14.5 Å². The van der Waals surface area contributed by atoms with Crippen molar-refractivity contribution < 1.29 is 71.0 Å². The van der Waals surface area contributed by atoms with Crippen molar-refractivity contribution in [1.82, 2.24) is 34.8 Å². The van der Waals surface area contributed by atoms with Crippen LogP contribution >= 0.6 is 0 Å². The number of carbonyl (C=O) groups excluding carboxylic acids is 2. The second kappa shape index (κ2) is 22.1. The van der Waals surface area contributed by atoms with Crippen molar-refractivity contribution in [3.05, 3.63) is 58.4 Å². The summed E-state index contributed by atoms with van der Waals surface area (Å²) in [4.78, 5) is 36.0. The Hall–Kier alpha value is -4.10. The number of hydroxylamine groups is 2. The van der Waals surface area contributed by atoms with Crippen molar-refractivity contribution in [2.24, 2.45) is 5.73 Å². The third kappa shape index (κ3) is 12.7. The molecule has 17 nitrogen and oxygen atoms in total. The molecule has 2 aliphatic rings. The first-order valence-corrected chi connectivity index (χ1v) is 19.7. The fourth-order valence-corrected chi connectivity index (χ4v) is 6.98. The molecular formula is C37H54F6N8O9. The Morgan fingerprint density at radius 3 is 2.37 bits per heavy atom. The number of carbonyl (C=O) groups is 2. The second-order valence-electron chi connectivity index (χ2n) is 14.7. The molecule has 2 aliphatic heterocycles. The lowest BCUT2D eigenvalue weighted by Crippen LogP contribution is -2.56. The second-order valence-corrected chi connectivity index (χ2v) is 14.7. The molecule has 1 aromatic heterocycles. The summed E-state index contributed by atoms with van der Waals surface area (Å²) in [6.07, 6.45) is -10.0. The summed E-state index contributed by atoms with van der Waals surface area (Å²) in [5.74, 6) is -5.55. The Balaban J connectivity index is 1.46. The average molecular weight is 869 g/mol. The Morgan fingerprint density at radius 1 is 1.00 bits per heavy atom. The summed E-state index contributed by atoms with van der Waals surface area (Å²) in [6, 6.07) is -0.0866. The molecule has 23 heteroatoms. The molecule has 1 amide bonds. The number of unbranched alkanes of at least 4 members (excludes halogenated alkanes) is 3. The quantitative estimate of drug-likeness (QED) is 0.0388. The fourth-order valence-electron chi connectivity index (χ4n) is 6.98. The van der Waals surface area contributed by atoms with Gasteiger partial charge in [-0.25, -0.2) is 27.7 Å². The van der Waals surface area contributed by atoms with E-state index in [2.05, 4.69) is 10.3 Å². The SMILES string of the molecule is CCCCCCN(Cc1cn(CCON2C(C(=O)OCC)=C3CN(C(=O)CC(N)Cc4cc(F)c(F)cc4F)CCN3C2C(F)(F)F)nn1)CC(O)C(O)C(O)C(O)CO. The topological polar surface area (TPSA) is 223 Å². The molecule has 1 fully saturated rings. The Morgan fingerprint density at radius 2 is 1.70 bits per heavy atom. The summed E-state index contributed by atoms with van der Waals surface area (Å²) < 4.78 is 92.0. The number of halogens is 6. The minimum atomic E-state index is -4.98. The number of esters is 1. The van der Waals surface area contributed by atoms with E-state index in [4.69, 9.17) is 20.4 Å². The zero-order valence-electron chi connectivity index (χ0n) is 33.4. The minimum Gasteiger partial charge on any atom is -0.461 e. The van der Waals surface area contributed by atoms with Crippen LogP contribution < -0.4 is 5.73 Å². The van der Waals surface area contributed by atoms with Gasteiger partial charge in [-0.2, -0.15) is 13.2 Å². The summed E-state index contributed by atoms with van der Waals surface area (Å²) >= 11 is 0. The van der Waals surface area contributed by atoms with E-state index in [1.54, 1.807) is 4.90 Å². The lowest BCUT2D eigenvalue weighted by Gasteiger charge is -2.39. The third-order valence-electron chi connectivity index (χ3n) is 10.1. The predicted octanol–water partition coefficient (Wildman–Crippen LogP) is 0.528. The molecule has 0 bridgehead atoms. The highest BCUT2D eigenvalue weighted by atomic mass is 19.4. The van der Waals surface area contributed by atoms with E-state index in [1.165, 1.54) is 22.7 Å². The molecule has 7 N–H and O–H groups in total. The van der Waals surface area contributed by atoms with Crippen molar-refractivity contribution in [1.29, 1.82) is 0 Å². The van der Waals surface area contributed by atoms with E-state index in [-0.39, 0.29) is 57.0 Å². The highest BCUT2D eigenvalue weighted by Crippen LogP contribution is 2.41. The number of hydrogen-bond donors (Lipinski definition) is 6. The van der Waals surface area contributed by atoms with Gasteiger partial charge in [0.15, 0.2) is 17.3 Å². The van der Waals surface area contributed by atoms with Crippen molar-refractivity contribution in [3.63, 3.8) is 0 Å². The number of rotatable bonds is 23. The van der Waals surface area contributed by atoms with Crippen LogP contribution in [-0.4, -0.2) is 168 Å². The summed E-state index contributed by atoms with van der Waals surface area (Å²) in [6.45, 7) is 1.19. The minimum absolute atomic E-state index is 0.105. The van der Waals surface area contributed by atoms with Gasteiger partial charge in [0, 0.05) is 50.9 Å². The molecule has 0 saturated carbocycles. The number of benzene rings is 1. The molecule has 338 valence electrons. The lowest BCUT2D eigenvalue weighted by atomic mass is 10.0.